The summed E-state index contributed by atoms with van der Waals surface area (Å²) < 4.78 is 30.0. The molecule has 0 radical (unpaired) electrons. The van der Waals surface area contributed by atoms with E-state index in [4.69, 9.17) is 4.74 Å². The lowest BCUT2D eigenvalue weighted by Crippen LogP contribution is -2.10. The third-order valence-electron chi connectivity index (χ3n) is 2.94. The zero-order valence-corrected chi connectivity index (χ0v) is 11.7. The Labute approximate surface area is 112 Å². The molecule has 0 aliphatic rings. The third-order valence-corrected chi connectivity index (χ3v) is 4.73. The first-order valence-electron chi connectivity index (χ1n) is 5.66. The quantitative estimate of drug-likeness (QED) is 0.858. The van der Waals surface area contributed by atoms with Gasteiger partial charge in [-0.3, -0.25) is 0 Å². The summed E-state index contributed by atoms with van der Waals surface area (Å²) in [6, 6.07) is 8.18. The maximum Gasteiger partial charge on any atom is 0.236 e. The Hall–Kier alpha value is -1.95. The molecule has 1 aromatic heterocycles. The second-order valence-electron chi connectivity index (χ2n) is 4.08. The van der Waals surface area contributed by atoms with Gasteiger partial charge in [0.15, 0.2) is 5.03 Å². The zero-order valence-electron chi connectivity index (χ0n) is 10.9. The largest absolute Gasteiger partial charge is 0.480 e. The van der Waals surface area contributed by atoms with Crippen LogP contribution < -0.4 is 4.74 Å². The van der Waals surface area contributed by atoms with E-state index in [1.165, 1.54) is 19.2 Å². The van der Waals surface area contributed by atoms with Crippen molar-refractivity contribution in [1.29, 1.82) is 0 Å². The van der Waals surface area contributed by atoms with Crippen LogP contribution >= 0.6 is 0 Å². The molecule has 0 atom stereocenters. The van der Waals surface area contributed by atoms with E-state index in [0.717, 1.165) is 0 Å². The van der Waals surface area contributed by atoms with Crippen LogP contribution in [-0.4, -0.2) is 25.7 Å². The van der Waals surface area contributed by atoms with Crippen LogP contribution in [0.25, 0.3) is 0 Å². The van der Waals surface area contributed by atoms with E-state index in [0.29, 0.717) is 17.0 Å². The molecule has 5 nitrogen and oxygen atoms in total. The van der Waals surface area contributed by atoms with Gasteiger partial charge >= 0.3 is 0 Å². The average molecular weight is 278 g/mol. The number of benzene rings is 1. The van der Waals surface area contributed by atoms with Gasteiger partial charge in [0, 0.05) is 5.56 Å². The summed E-state index contributed by atoms with van der Waals surface area (Å²) in [5.41, 5.74) is 1.22. The maximum absolute atomic E-state index is 12.5. The van der Waals surface area contributed by atoms with Crippen molar-refractivity contribution >= 4 is 9.84 Å². The fourth-order valence-electron chi connectivity index (χ4n) is 1.72. The van der Waals surface area contributed by atoms with E-state index in [2.05, 4.69) is 10.2 Å². The molecule has 0 N–H and O–H groups in total. The van der Waals surface area contributed by atoms with Crippen molar-refractivity contribution in [2.45, 2.75) is 23.8 Å². The summed E-state index contributed by atoms with van der Waals surface area (Å²) in [6.45, 7) is 3.45. The number of ether oxygens (including phenoxy) is 1. The van der Waals surface area contributed by atoms with Crippen molar-refractivity contribution in [3.05, 3.63) is 41.5 Å². The Morgan fingerprint density at radius 1 is 1.00 bits per heavy atom. The molecule has 6 heteroatoms. The van der Waals surface area contributed by atoms with E-state index in [1.54, 1.807) is 32.0 Å². The molecular formula is C13H14N2O3S. The average Bonchev–Trinajstić information content (AvgIpc) is 2.42. The fraction of sp³-hybridized carbons (Fsp3) is 0.231. The molecule has 0 saturated heterocycles. The predicted molar refractivity (Wildman–Crippen MR) is 70.0 cm³/mol. The summed E-state index contributed by atoms with van der Waals surface area (Å²) in [4.78, 5) is 0.206. The molecule has 0 aliphatic carbocycles. The normalized spacial score (nSPS) is 11.3. The molecule has 0 amide bonds. The second-order valence-corrected chi connectivity index (χ2v) is 5.95. The number of sulfone groups is 1. The van der Waals surface area contributed by atoms with Gasteiger partial charge in [0.2, 0.25) is 15.7 Å². The highest BCUT2D eigenvalue weighted by molar-refractivity contribution is 7.91. The molecule has 0 aliphatic heterocycles. The van der Waals surface area contributed by atoms with E-state index < -0.39 is 9.84 Å². The molecule has 2 rings (SSSR count). The highest BCUT2D eigenvalue weighted by Gasteiger charge is 2.24. The first-order valence-corrected chi connectivity index (χ1v) is 7.15. The van der Waals surface area contributed by atoms with Crippen LogP contribution in [0.5, 0.6) is 5.88 Å². The molecule has 0 spiro atoms. The van der Waals surface area contributed by atoms with Crippen molar-refractivity contribution < 1.29 is 13.2 Å². The Bertz CT molecular complexity index is 697. The number of rotatable bonds is 3. The second kappa shape index (κ2) is 4.97. The van der Waals surface area contributed by atoms with Crippen LogP contribution in [0.15, 0.2) is 40.3 Å². The monoisotopic (exact) mass is 278 g/mol. The standard InChI is InChI=1S/C13H14N2O3S/c1-9-10(2)13(15-14-12(9)18-3)19(16,17)11-7-5-4-6-8-11/h4-8H,1-3H3. The van der Waals surface area contributed by atoms with Gasteiger partial charge in [-0.2, -0.15) is 0 Å². The van der Waals surface area contributed by atoms with E-state index in [-0.39, 0.29) is 9.92 Å². The summed E-state index contributed by atoms with van der Waals surface area (Å²) in [6.07, 6.45) is 0. The molecule has 0 fully saturated rings. The minimum atomic E-state index is -3.65. The van der Waals surface area contributed by atoms with Crippen LogP contribution in [0.3, 0.4) is 0 Å². The number of hydrogen-bond acceptors (Lipinski definition) is 5. The van der Waals surface area contributed by atoms with Gasteiger partial charge in [-0.25, -0.2) is 8.42 Å². The Balaban J connectivity index is 2.63. The lowest BCUT2D eigenvalue weighted by Gasteiger charge is -2.10. The summed E-state index contributed by atoms with van der Waals surface area (Å²) in [5, 5.41) is 7.56. The van der Waals surface area contributed by atoms with Crippen molar-refractivity contribution in [2.24, 2.45) is 0 Å². The molecule has 2 aromatic rings. The summed E-state index contributed by atoms with van der Waals surface area (Å²) >= 11 is 0. The van der Waals surface area contributed by atoms with Gasteiger partial charge < -0.3 is 4.74 Å². The Morgan fingerprint density at radius 2 is 1.63 bits per heavy atom. The summed E-state index contributed by atoms with van der Waals surface area (Å²) in [7, 11) is -2.17. The van der Waals surface area contributed by atoms with Gasteiger partial charge in [-0.15, -0.1) is 10.2 Å². The van der Waals surface area contributed by atoms with E-state index >= 15 is 0 Å². The molecule has 1 aromatic carbocycles. The minimum Gasteiger partial charge on any atom is -0.480 e. The molecule has 0 saturated carbocycles. The third kappa shape index (κ3) is 2.31. The number of methoxy groups -OCH3 is 1. The summed E-state index contributed by atoms with van der Waals surface area (Å²) in [5.74, 6) is 0.338. The SMILES string of the molecule is COc1nnc(S(=O)(=O)c2ccccc2)c(C)c1C. The number of nitrogens with zero attached hydrogens (tertiary/aromatic N) is 2. The van der Waals surface area contributed by atoms with E-state index in [1.807, 2.05) is 0 Å². The van der Waals surface area contributed by atoms with Gasteiger partial charge in [0.1, 0.15) is 0 Å². The van der Waals surface area contributed by atoms with Crippen LogP contribution in [0, 0.1) is 13.8 Å². The van der Waals surface area contributed by atoms with Crippen molar-refractivity contribution in [1.82, 2.24) is 10.2 Å². The first kappa shape index (κ1) is 13.5. The highest BCUT2D eigenvalue weighted by Crippen LogP contribution is 2.26. The molecule has 0 bridgehead atoms. The lowest BCUT2D eigenvalue weighted by atomic mass is 10.2. The predicted octanol–water partition coefficient (Wildman–Crippen LogP) is 1.93. The van der Waals surface area contributed by atoms with Crippen LogP contribution in [-0.2, 0) is 9.84 Å². The molecular weight excluding hydrogens is 264 g/mol. The first-order chi connectivity index (χ1) is 8.98. The molecule has 100 valence electrons. The molecule has 19 heavy (non-hydrogen) atoms. The molecule has 0 unspecified atom stereocenters. The van der Waals surface area contributed by atoms with Gasteiger partial charge in [0.25, 0.3) is 0 Å². The van der Waals surface area contributed by atoms with Gasteiger partial charge in [0.05, 0.1) is 12.0 Å². The van der Waals surface area contributed by atoms with E-state index in [9.17, 15) is 8.42 Å². The lowest BCUT2D eigenvalue weighted by molar-refractivity contribution is 0.385. The van der Waals surface area contributed by atoms with Gasteiger partial charge in [-0.05, 0) is 31.5 Å². The van der Waals surface area contributed by atoms with Crippen molar-refractivity contribution in [2.75, 3.05) is 7.11 Å². The minimum absolute atomic E-state index is 0.0306. The van der Waals surface area contributed by atoms with Crippen LogP contribution in [0.2, 0.25) is 0 Å². The van der Waals surface area contributed by atoms with Crippen LogP contribution in [0.4, 0.5) is 0 Å². The Kier molecular flexibility index (Phi) is 3.53. The molecule has 1 heterocycles. The Morgan fingerprint density at radius 3 is 2.21 bits per heavy atom. The maximum atomic E-state index is 12.5. The number of aromatic nitrogens is 2. The fourth-order valence-corrected chi connectivity index (χ4v) is 3.17. The van der Waals surface area contributed by atoms with Crippen molar-refractivity contribution in [3.8, 4) is 5.88 Å². The zero-order chi connectivity index (χ0) is 14.0. The van der Waals surface area contributed by atoms with Crippen molar-refractivity contribution in [3.63, 3.8) is 0 Å². The van der Waals surface area contributed by atoms with Crippen LogP contribution in [0.1, 0.15) is 11.1 Å². The topological polar surface area (TPSA) is 69.2 Å². The van der Waals surface area contributed by atoms with Gasteiger partial charge in [-0.1, -0.05) is 18.2 Å². The smallest absolute Gasteiger partial charge is 0.236 e. The number of hydrogen-bond donors (Lipinski definition) is 0. The highest BCUT2D eigenvalue weighted by atomic mass is 32.2.